The van der Waals surface area contributed by atoms with Crippen molar-refractivity contribution in [3.8, 4) is 11.5 Å². The van der Waals surface area contributed by atoms with Crippen molar-refractivity contribution in [2.24, 2.45) is 5.92 Å². The average Bonchev–Trinajstić information content (AvgIpc) is 3.48. The lowest BCUT2D eigenvalue weighted by molar-refractivity contribution is -0.124. The van der Waals surface area contributed by atoms with Gasteiger partial charge in [0.1, 0.15) is 22.5 Å². The number of ether oxygens (including phenoxy) is 2. The third-order valence-electron chi connectivity index (χ3n) is 6.52. The summed E-state index contributed by atoms with van der Waals surface area (Å²) in [6.07, 6.45) is 4.33. The summed E-state index contributed by atoms with van der Waals surface area (Å²) in [7, 11) is 0. The first-order valence-corrected chi connectivity index (χ1v) is 10.8. The predicted octanol–water partition coefficient (Wildman–Crippen LogP) is 5.08. The maximum atomic E-state index is 14.1. The lowest BCUT2D eigenvalue weighted by Gasteiger charge is -2.43. The fourth-order valence-corrected chi connectivity index (χ4v) is 5.16. The molecule has 0 bridgehead atoms. The zero-order valence-electron chi connectivity index (χ0n) is 17.5. The Labute approximate surface area is 172 Å². The number of fused-ring (bicyclic) bond motifs is 4. The van der Waals surface area contributed by atoms with Crippen LogP contribution in [-0.2, 0) is 10.2 Å². The highest BCUT2D eigenvalue weighted by molar-refractivity contribution is 6.11. The van der Waals surface area contributed by atoms with Crippen molar-refractivity contribution in [3.05, 3.63) is 53.6 Å². The summed E-state index contributed by atoms with van der Waals surface area (Å²) >= 11 is 0. The van der Waals surface area contributed by atoms with E-state index in [1.165, 1.54) is 12.8 Å². The molecule has 4 nitrogen and oxygen atoms in total. The first-order chi connectivity index (χ1) is 13.9. The van der Waals surface area contributed by atoms with Crippen molar-refractivity contribution < 1.29 is 14.3 Å². The number of hydrogen-bond donors (Lipinski definition) is 0. The fourth-order valence-electron chi connectivity index (χ4n) is 5.16. The molecule has 0 N–H and O–H groups in total. The molecule has 0 aromatic heterocycles. The van der Waals surface area contributed by atoms with Gasteiger partial charge in [-0.15, -0.1) is 0 Å². The van der Waals surface area contributed by atoms with E-state index in [-0.39, 0.29) is 5.91 Å². The molecular weight excluding hydrogens is 362 g/mol. The maximum absolute atomic E-state index is 14.1. The Hall–Kier alpha value is -2.49. The van der Waals surface area contributed by atoms with E-state index in [9.17, 15) is 4.79 Å². The van der Waals surface area contributed by atoms with Gasteiger partial charge in [0.2, 0.25) is 5.91 Å². The molecule has 1 fully saturated rings. The normalized spacial score (nSPS) is 24.2. The lowest BCUT2D eigenvalue weighted by atomic mass is 9.67. The van der Waals surface area contributed by atoms with Crippen LogP contribution in [0.5, 0.6) is 11.5 Å². The van der Waals surface area contributed by atoms with Gasteiger partial charge < -0.3 is 14.4 Å². The van der Waals surface area contributed by atoms with Crippen molar-refractivity contribution in [1.29, 1.82) is 0 Å². The summed E-state index contributed by atoms with van der Waals surface area (Å²) in [5.74, 6) is 2.53. The molecule has 1 aliphatic carbocycles. The van der Waals surface area contributed by atoms with E-state index in [1.54, 1.807) is 0 Å². The van der Waals surface area contributed by atoms with Crippen LogP contribution >= 0.6 is 0 Å². The minimum atomic E-state index is -0.692. The van der Waals surface area contributed by atoms with Crippen LogP contribution in [0.15, 0.2) is 42.5 Å². The molecule has 2 aliphatic heterocycles. The molecule has 29 heavy (non-hydrogen) atoms. The number of benzene rings is 2. The molecular formula is C25H29NO3. The van der Waals surface area contributed by atoms with Gasteiger partial charge in [0.15, 0.2) is 0 Å². The van der Waals surface area contributed by atoms with E-state index in [0.29, 0.717) is 13.0 Å². The second-order valence-corrected chi connectivity index (χ2v) is 9.24. The summed E-state index contributed by atoms with van der Waals surface area (Å²) < 4.78 is 12.1. The molecule has 0 radical (unpaired) electrons. The lowest BCUT2D eigenvalue weighted by Crippen LogP contribution is -2.50. The minimum absolute atomic E-state index is 0.195. The predicted molar refractivity (Wildman–Crippen MR) is 114 cm³/mol. The van der Waals surface area contributed by atoms with Gasteiger partial charge in [-0.1, -0.05) is 37.1 Å². The molecule has 4 heteroatoms. The Morgan fingerprint density at radius 2 is 1.93 bits per heavy atom. The molecule has 3 aliphatic rings. The topological polar surface area (TPSA) is 38.8 Å². The SMILES string of the molecule is CCOc1ccc2c(c1)OC(C)(C)CC21C(=O)N(CCC2CC2)c2ccccc21. The van der Waals surface area contributed by atoms with Crippen molar-refractivity contribution in [2.45, 2.75) is 57.5 Å². The van der Waals surface area contributed by atoms with Crippen LogP contribution in [0.3, 0.4) is 0 Å². The molecule has 1 spiro atoms. The number of carbonyl (C=O) groups excluding carboxylic acids is 1. The highest BCUT2D eigenvalue weighted by atomic mass is 16.5. The third kappa shape index (κ3) is 2.92. The second kappa shape index (κ2) is 6.51. The quantitative estimate of drug-likeness (QED) is 0.713. The average molecular weight is 392 g/mol. The molecule has 5 rings (SSSR count). The Morgan fingerprint density at radius 1 is 1.14 bits per heavy atom. The number of anilines is 1. The minimum Gasteiger partial charge on any atom is -0.494 e. The molecule has 1 atom stereocenters. The molecule has 2 heterocycles. The van der Waals surface area contributed by atoms with Crippen LogP contribution < -0.4 is 14.4 Å². The number of hydrogen-bond acceptors (Lipinski definition) is 3. The summed E-state index contributed by atoms with van der Waals surface area (Å²) in [4.78, 5) is 16.1. The van der Waals surface area contributed by atoms with Crippen molar-refractivity contribution in [1.82, 2.24) is 0 Å². The number of para-hydroxylation sites is 1. The fraction of sp³-hybridized carbons (Fsp3) is 0.480. The van der Waals surface area contributed by atoms with Crippen LogP contribution in [0.1, 0.15) is 57.6 Å². The first kappa shape index (κ1) is 18.5. The van der Waals surface area contributed by atoms with Gasteiger partial charge >= 0.3 is 0 Å². The second-order valence-electron chi connectivity index (χ2n) is 9.24. The van der Waals surface area contributed by atoms with E-state index < -0.39 is 11.0 Å². The summed E-state index contributed by atoms with van der Waals surface area (Å²) in [6, 6.07) is 14.3. The Morgan fingerprint density at radius 3 is 2.69 bits per heavy atom. The van der Waals surface area contributed by atoms with Crippen molar-refractivity contribution >= 4 is 11.6 Å². The highest BCUT2D eigenvalue weighted by Crippen LogP contribution is 2.56. The monoisotopic (exact) mass is 391 g/mol. The van der Waals surface area contributed by atoms with Gasteiger partial charge in [-0.25, -0.2) is 0 Å². The zero-order valence-corrected chi connectivity index (χ0v) is 17.5. The molecule has 1 saturated carbocycles. The van der Waals surface area contributed by atoms with E-state index in [2.05, 4.69) is 32.0 Å². The van der Waals surface area contributed by atoms with Gasteiger partial charge in [0.25, 0.3) is 0 Å². The summed E-state index contributed by atoms with van der Waals surface area (Å²) in [5, 5.41) is 0. The Bertz CT molecular complexity index is 962. The van der Waals surface area contributed by atoms with Crippen molar-refractivity contribution in [2.75, 3.05) is 18.1 Å². The Balaban J connectivity index is 1.66. The number of nitrogens with zero attached hydrogens (tertiary/aromatic N) is 1. The number of carbonyl (C=O) groups is 1. The standard InChI is InChI=1S/C25H29NO3/c1-4-28-18-11-12-20-22(15-18)29-24(2,3)16-25(20)19-7-5-6-8-21(19)26(23(25)27)14-13-17-9-10-17/h5-8,11-12,15,17H,4,9-10,13-14,16H2,1-3H3. The van der Waals surface area contributed by atoms with Gasteiger partial charge in [0.05, 0.1) is 6.61 Å². The molecule has 1 amide bonds. The number of rotatable bonds is 5. The van der Waals surface area contributed by atoms with E-state index in [4.69, 9.17) is 9.47 Å². The van der Waals surface area contributed by atoms with E-state index >= 15 is 0 Å². The molecule has 1 unspecified atom stereocenters. The smallest absolute Gasteiger partial charge is 0.242 e. The van der Waals surface area contributed by atoms with E-state index in [0.717, 1.165) is 47.2 Å². The van der Waals surface area contributed by atoms with Crippen LogP contribution in [0.4, 0.5) is 5.69 Å². The summed E-state index contributed by atoms with van der Waals surface area (Å²) in [6.45, 7) is 7.53. The van der Waals surface area contributed by atoms with Crippen LogP contribution in [0, 0.1) is 5.92 Å². The molecule has 2 aromatic rings. The van der Waals surface area contributed by atoms with E-state index in [1.807, 2.05) is 36.1 Å². The largest absolute Gasteiger partial charge is 0.494 e. The van der Waals surface area contributed by atoms with Crippen LogP contribution in [-0.4, -0.2) is 24.7 Å². The zero-order chi connectivity index (χ0) is 20.2. The molecule has 0 saturated heterocycles. The molecule has 152 valence electrons. The van der Waals surface area contributed by atoms with Crippen LogP contribution in [0.2, 0.25) is 0 Å². The van der Waals surface area contributed by atoms with Gasteiger partial charge in [0, 0.05) is 30.3 Å². The van der Waals surface area contributed by atoms with Gasteiger partial charge in [-0.3, -0.25) is 4.79 Å². The van der Waals surface area contributed by atoms with Gasteiger partial charge in [-0.05, 0) is 50.8 Å². The van der Waals surface area contributed by atoms with Crippen LogP contribution in [0.25, 0.3) is 0 Å². The third-order valence-corrected chi connectivity index (χ3v) is 6.52. The Kier molecular flexibility index (Phi) is 4.16. The van der Waals surface area contributed by atoms with Crippen molar-refractivity contribution in [3.63, 3.8) is 0 Å². The van der Waals surface area contributed by atoms with Gasteiger partial charge in [-0.2, -0.15) is 0 Å². The number of amides is 1. The highest BCUT2D eigenvalue weighted by Gasteiger charge is 2.58. The summed E-state index contributed by atoms with van der Waals surface area (Å²) in [5.41, 5.74) is 2.00. The maximum Gasteiger partial charge on any atom is 0.242 e. The molecule has 2 aromatic carbocycles. The first-order valence-electron chi connectivity index (χ1n) is 10.8.